The molecule has 0 bridgehead atoms. The van der Waals surface area contributed by atoms with Gasteiger partial charge in [-0.25, -0.2) is 0 Å². The molecule has 0 N–H and O–H groups in total. The smallest absolute Gasteiger partial charge is 0.199 e. The fourth-order valence-corrected chi connectivity index (χ4v) is 2.07. The molecule has 0 aromatic heterocycles. The van der Waals surface area contributed by atoms with Crippen LogP contribution in [0.1, 0.15) is 51.0 Å². The van der Waals surface area contributed by atoms with Crippen LogP contribution < -0.4 is 4.74 Å². The van der Waals surface area contributed by atoms with Crippen LogP contribution >= 0.6 is 0 Å². The van der Waals surface area contributed by atoms with Crippen LogP contribution in [0.25, 0.3) is 0 Å². The van der Waals surface area contributed by atoms with Gasteiger partial charge in [0.2, 0.25) is 0 Å². The van der Waals surface area contributed by atoms with Crippen LogP contribution in [0.4, 0.5) is 0 Å². The molecule has 1 aromatic rings. The van der Waals surface area contributed by atoms with Gasteiger partial charge in [-0.1, -0.05) is 26.0 Å². The molecule has 1 aromatic carbocycles. The molecule has 2 atom stereocenters. The summed E-state index contributed by atoms with van der Waals surface area (Å²) in [6.07, 6.45) is 4.50. The van der Waals surface area contributed by atoms with Crippen molar-refractivity contribution in [3.63, 3.8) is 0 Å². The van der Waals surface area contributed by atoms with Gasteiger partial charge in [-0.3, -0.25) is 0 Å². The largest absolute Gasteiger partial charge is 0.465 e. The molecule has 17 heavy (non-hydrogen) atoms. The summed E-state index contributed by atoms with van der Waals surface area (Å²) in [5, 5.41) is 0. The Labute approximate surface area is 104 Å². The minimum Gasteiger partial charge on any atom is -0.465 e. The van der Waals surface area contributed by atoms with Crippen molar-refractivity contribution in [3.8, 4) is 5.75 Å². The molecule has 1 heterocycles. The molecule has 0 saturated carbocycles. The minimum atomic E-state index is -0.0433. The van der Waals surface area contributed by atoms with Crippen LogP contribution in [-0.2, 0) is 4.74 Å². The first-order valence-electron chi connectivity index (χ1n) is 6.68. The van der Waals surface area contributed by atoms with E-state index in [0.29, 0.717) is 5.92 Å². The fourth-order valence-electron chi connectivity index (χ4n) is 2.07. The van der Waals surface area contributed by atoms with Crippen molar-refractivity contribution < 1.29 is 9.47 Å². The Morgan fingerprint density at radius 1 is 1.29 bits per heavy atom. The zero-order valence-corrected chi connectivity index (χ0v) is 10.8. The first-order valence-corrected chi connectivity index (χ1v) is 6.68. The molecular weight excluding hydrogens is 212 g/mol. The van der Waals surface area contributed by atoms with E-state index in [1.165, 1.54) is 18.4 Å². The SMILES string of the molecule is CC[C@@H](C)c1ccc(OC2CCCCO2)cc1. The number of benzene rings is 1. The molecular formula is C15H22O2. The summed E-state index contributed by atoms with van der Waals surface area (Å²) in [4.78, 5) is 0. The van der Waals surface area contributed by atoms with E-state index in [-0.39, 0.29) is 6.29 Å². The third kappa shape index (κ3) is 3.47. The van der Waals surface area contributed by atoms with Crippen molar-refractivity contribution >= 4 is 0 Å². The van der Waals surface area contributed by atoms with Crippen LogP contribution in [-0.4, -0.2) is 12.9 Å². The minimum absolute atomic E-state index is 0.0433. The Balaban J connectivity index is 1.93. The van der Waals surface area contributed by atoms with Gasteiger partial charge in [0.25, 0.3) is 0 Å². The van der Waals surface area contributed by atoms with Crippen LogP contribution in [0.15, 0.2) is 24.3 Å². The molecule has 1 unspecified atom stereocenters. The fraction of sp³-hybridized carbons (Fsp3) is 0.600. The molecule has 0 radical (unpaired) electrons. The van der Waals surface area contributed by atoms with Gasteiger partial charge < -0.3 is 9.47 Å². The van der Waals surface area contributed by atoms with E-state index in [1.54, 1.807) is 0 Å². The summed E-state index contributed by atoms with van der Waals surface area (Å²) < 4.78 is 11.4. The van der Waals surface area contributed by atoms with Gasteiger partial charge in [-0.2, -0.15) is 0 Å². The average Bonchev–Trinajstić information content (AvgIpc) is 2.40. The second-order valence-corrected chi connectivity index (χ2v) is 4.79. The number of rotatable bonds is 4. The van der Waals surface area contributed by atoms with Gasteiger partial charge in [0.1, 0.15) is 5.75 Å². The molecule has 2 heteroatoms. The van der Waals surface area contributed by atoms with Crippen molar-refractivity contribution in [2.75, 3.05) is 6.61 Å². The topological polar surface area (TPSA) is 18.5 Å². The highest BCUT2D eigenvalue weighted by atomic mass is 16.7. The molecule has 0 aliphatic carbocycles. The van der Waals surface area contributed by atoms with E-state index >= 15 is 0 Å². The number of hydrogen-bond acceptors (Lipinski definition) is 2. The lowest BCUT2D eigenvalue weighted by molar-refractivity contribution is -0.105. The second kappa shape index (κ2) is 6.06. The van der Waals surface area contributed by atoms with E-state index in [0.717, 1.165) is 25.2 Å². The maximum Gasteiger partial charge on any atom is 0.199 e. The molecule has 2 rings (SSSR count). The molecule has 2 nitrogen and oxygen atoms in total. The average molecular weight is 234 g/mol. The molecule has 1 saturated heterocycles. The summed E-state index contributed by atoms with van der Waals surface area (Å²) in [5.74, 6) is 1.54. The standard InChI is InChI=1S/C15H22O2/c1-3-12(2)13-7-9-14(10-8-13)17-15-6-4-5-11-16-15/h7-10,12,15H,3-6,11H2,1-2H3/t12-,15?/m1/s1. The molecule has 1 fully saturated rings. The summed E-state index contributed by atoms with van der Waals surface area (Å²) in [6, 6.07) is 8.43. The normalized spacial score (nSPS) is 22.1. The third-order valence-corrected chi connectivity index (χ3v) is 3.47. The summed E-state index contributed by atoms with van der Waals surface area (Å²) in [7, 11) is 0. The molecule has 0 amide bonds. The van der Waals surface area contributed by atoms with Crippen molar-refractivity contribution in [3.05, 3.63) is 29.8 Å². The predicted molar refractivity (Wildman–Crippen MR) is 69.4 cm³/mol. The summed E-state index contributed by atoms with van der Waals surface area (Å²) in [6.45, 7) is 5.29. The maximum absolute atomic E-state index is 5.80. The Kier molecular flexibility index (Phi) is 4.43. The van der Waals surface area contributed by atoms with E-state index in [4.69, 9.17) is 9.47 Å². The first kappa shape index (κ1) is 12.4. The Morgan fingerprint density at radius 2 is 2.06 bits per heavy atom. The monoisotopic (exact) mass is 234 g/mol. The number of ether oxygens (including phenoxy) is 2. The van der Waals surface area contributed by atoms with E-state index < -0.39 is 0 Å². The van der Waals surface area contributed by atoms with Crippen LogP contribution in [0, 0.1) is 0 Å². The van der Waals surface area contributed by atoms with Gasteiger partial charge in [-0.15, -0.1) is 0 Å². The van der Waals surface area contributed by atoms with Gasteiger partial charge >= 0.3 is 0 Å². The third-order valence-electron chi connectivity index (χ3n) is 3.47. The highest BCUT2D eigenvalue weighted by Crippen LogP contribution is 2.23. The molecule has 94 valence electrons. The van der Waals surface area contributed by atoms with Crippen LogP contribution in [0.3, 0.4) is 0 Å². The van der Waals surface area contributed by atoms with E-state index in [9.17, 15) is 0 Å². The highest BCUT2D eigenvalue weighted by molar-refractivity contribution is 5.29. The Morgan fingerprint density at radius 3 is 2.65 bits per heavy atom. The zero-order chi connectivity index (χ0) is 12.1. The van der Waals surface area contributed by atoms with Crippen molar-refractivity contribution in [1.29, 1.82) is 0 Å². The van der Waals surface area contributed by atoms with Gasteiger partial charge in [0.05, 0.1) is 6.61 Å². The maximum atomic E-state index is 5.80. The quantitative estimate of drug-likeness (QED) is 0.780. The second-order valence-electron chi connectivity index (χ2n) is 4.79. The van der Waals surface area contributed by atoms with Crippen LogP contribution in [0.2, 0.25) is 0 Å². The lowest BCUT2D eigenvalue weighted by Gasteiger charge is -2.23. The lowest BCUT2D eigenvalue weighted by Crippen LogP contribution is -2.24. The van der Waals surface area contributed by atoms with E-state index in [2.05, 4.69) is 38.1 Å². The molecule has 1 aliphatic heterocycles. The Bertz CT molecular complexity index is 325. The predicted octanol–water partition coefficient (Wildman–Crippen LogP) is 4.11. The van der Waals surface area contributed by atoms with Crippen molar-refractivity contribution in [1.82, 2.24) is 0 Å². The number of hydrogen-bond donors (Lipinski definition) is 0. The molecule has 0 spiro atoms. The first-order chi connectivity index (χ1) is 8.29. The van der Waals surface area contributed by atoms with Crippen LogP contribution in [0.5, 0.6) is 5.75 Å². The van der Waals surface area contributed by atoms with Gasteiger partial charge in [0, 0.05) is 6.42 Å². The Hall–Kier alpha value is -1.02. The van der Waals surface area contributed by atoms with Crippen molar-refractivity contribution in [2.24, 2.45) is 0 Å². The van der Waals surface area contributed by atoms with Gasteiger partial charge in [-0.05, 0) is 42.9 Å². The lowest BCUT2D eigenvalue weighted by atomic mass is 9.99. The summed E-state index contributed by atoms with van der Waals surface area (Å²) in [5.41, 5.74) is 1.38. The summed E-state index contributed by atoms with van der Waals surface area (Å²) >= 11 is 0. The molecule has 1 aliphatic rings. The highest BCUT2D eigenvalue weighted by Gasteiger charge is 2.15. The zero-order valence-electron chi connectivity index (χ0n) is 10.8. The van der Waals surface area contributed by atoms with E-state index in [1.807, 2.05) is 0 Å². The van der Waals surface area contributed by atoms with Crippen molar-refractivity contribution in [2.45, 2.75) is 51.7 Å². The van der Waals surface area contributed by atoms with Gasteiger partial charge in [0.15, 0.2) is 6.29 Å².